The maximum Gasteiger partial charge on any atom is 0.270 e. The van der Waals surface area contributed by atoms with Crippen molar-refractivity contribution in [2.45, 2.75) is 103 Å². The van der Waals surface area contributed by atoms with Gasteiger partial charge in [-0.25, -0.2) is 24.9 Å². The Labute approximate surface area is 640 Å². The molecule has 3 fully saturated rings. The molecule has 3 saturated heterocycles. The molecule has 3 aliphatic rings. The van der Waals surface area contributed by atoms with Crippen molar-refractivity contribution >= 4 is 173 Å². The summed E-state index contributed by atoms with van der Waals surface area (Å²) < 4.78 is 12.7. The molecule has 0 unspecified atom stereocenters. The second-order valence-corrected chi connectivity index (χ2v) is 30.8. The number of hydrogen-bond donors (Lipinski definition) is 14. The Hall–Kier alpha value is -10.2. The Morgan fingerprint density at radius 3 is 1.16 bits per heavy atom. The molecule has 0 radical (unpaired) electrons. The molecule has 0 atom stereocenters. The average Bonchev–Trinajstić information content (AvgIpc) is 1.69. The van der Waals surface area contributed by atoms with Gasteiger partial charge in [-0.15, -0.1) is 56.7 Å². The summed E-state index contributed by atoms with van der Waals surface area (Å²) in [4.78, 5) is 174. The number of nitrogens with two attached hydrogens (primary N) is 6. The van der Waals surface area contributed by atoms with Crippen LogP contribution in [0.1, 0.15) is 138 Å². The molecule has 0 bridgehead atoms. The number of likely N-dealkylation sites (N-methyl/N-ethyl adjacent to an activating group) is 1. The molecule has 6 amide bonds. The predicted octanol–water partition coefficient (Wildman–Crippen LogP) is 2.87. The summed E-state index contributed by atoms with van der Waals surface area (Å²) in [6, 6.07) is 0.104. The van der Waals surface area contributed by atoms with Crippen LogP contribution in [-0.2, 0) is 14.3 Å². The van der Waals surface area contributed by atoms with Gasteiger partial charge in [0.1, 0.15) is 51.1 Å². The minimum Gasteiger partial charge on any atom is -0.395 e. The number of rotatable bonds is 18. The van der Waals surface area contributed by atoms with Crippen LogP contribution in [0.5, 0.6) is 0 Å². The number of nitrogens with zero attached hydrogens (tertiary/aromatic N) is 10. The topological polar surface area (TPSA) is 574 Å². The molecule has 0 saturated carbocycles. The van der Waals surface area contributed by atoms with E-state index in [0.29, 0.717) is 183 Å². The van der Waals surface area contributed by atoms with E-state index in [9.17, 15) is 57.8 Å². The van der Waals surface area contributed by atoms with Crippen LogP contribution < -0.4 is 67.5 Å². The van der Waals surface area contributed by atoms with Crippen molar-refractivity contribution < 1.29 is 48.5 Å². The smallest absolute Gasteiger partial charge is 0.270 e. The van der Waals surface area contributed by atoms with Gasteiger partial charge in [-0.1, -0.05) is 13.8 Å². The number of thiophene rings is 5. The number of aliphatic hydroxyl groups is 2. The number of nitrogen functional groups attached to an aromatic ring is 5. The van der Waals surface area contributed by atoms with Crippen molar-refractivity contribution in [3.63, 3.8) is 0 Å². The second-order valence-electron chi connectivity index (χ2n) is 26.4. The lowest BCUT2D eigenvalue weighted by molar-refractivity contribution is -0.119. The standard InChI is InChI=1S/C14H17N5O3S.C14H20N4O4S.C13H17N5O2S.C13H16N4O3S.C13H18N4O3S/c1-7(20)16-8-2-4-19(5-3-8)13(22)9-6-23-11-10(9)17-14(15)18-12(11)21;1-2-6-22-7-4-18(3-5-19)13(21)9-8-23-11-10(9)16-14(15)17-12(11)20;1-13(15)2-4-18(5-3-13)11(20)7-6-21-9-8(7)16-12(14)17-10(9)19;1-13(20)2-4-17(5-3-13)11(19)7-6-21-9-8(7)15-12(14)16-10(9)18;1-3-5-20-6-4-17(2)12(19)8-7-21-10-9(8)15-13(14)16-11(10)18/h6,8H,2-5H2,1H3,(H,16,20)(H3,15,17,18,21);8,19H,2-7H2,1H3,(H3,15,16,17,20);6H,2-5,15H2,1H3,(H3,14,16,17,19);6,20H,2-5H2,1H3,(H3,14,15,16,18);7H,3-6H2,1-2H3,(H3,14,15,16,18). The molecule has 586 valence electrons. The number of nitrogens with one attached hydrogen (secondary N) is 6. The molecule has 10 aromatic heterocycles. The molecule has 42 heteroatoms. The van der Waals surface area contributed by atoms with E-state index in [1.807, 2.05) is 20.8 Å². The number of likely N-dealkylation sites (tertiary alicyclic amines) is 3. The van der Waals surface area contributed by atoms with E-state index in [0.717, 1.165) is 37.0 Å². The second kappa shape index (κ2) is 36.8. The fourth-order valence-electron chi connectivity index (χ4n) is 11.7. The normalized spacial score (nSPS) is 14.7. The number of ether oxygens (including phenoxy) is 2. The number of piperidine rings is 3. The van der Waals surface area contributed by atoms with E-state index in [2.05, 4.69) is 55.2 Å². The largest absolute Gasteiger partial charge is 0.395 e. The number of carbonyl (C=O) groups excluding carboxylic acids is 6. The molecule has 37 nitrogen and oxygen atoms in total. The van der Waals surface area contributed by atoms with Crippen molar-refractivity contribution in [1.29, 1.82) is 0 Å². The molecule has 20 N–H and O–H groups in total. The Balaban J connectivity index is 0.000000157. The SMILES string of the molecule is CC(=O)NC1CCN(C(=O)c2csc3c(=O)[nH]c(N)nc23)CC1.CC1(N)CCN(C(=O)c2csc3c(=O)[nH]c(N)nc23)CC1.CC1(O)CCN(C(=O)c2csc3c(=O)[nH]c(N)nc23)CC1.CCCOCCN(C)C(=O)c1csc2c(=O)[nH]c(N)nc12.CCCOCCN(CCO)C(=O)c1csc2c(=O)[nH]c(N)nc12. The van der Waals surface area contributed by atoms with Crippen LogP contribution in [0.4, 0.5) is 29.7 Å². The monoisotopic (exact) mass is 1600 g/mol. The zero-order chi connectivity index (χ0) is 79.2. The Bertz CT molecular complexity index is 5110. The Morgan fingerprint density at radius 1 is 0.505 bits per heavy atom. The van der Waals surface area contributed by atoms with Crippen LogP contribution in [0.25, 0.3) is 51.1 Å². The lowest BCUT2D eigenvalue weighted by Crippen LogP contribution is -2.49. The van der Waals surface area contributed by atoms with E-state index < -0.39 is 5.60 Å². The molecule has 109 heavy (non-hydrogen) atoms. The van der Waals surface area contributed by atoms with Gasteiger partial charge >= 0.3 is 0 Å². The van der Waals surface area contributed by atoms with Crippen LogP contribution in [0, 0.1) is 0 Å². The van der Waals surface area contributed by atoms with E-state index >= 15 is 0 Å². The van der Waals surface area contributed by atoms with E-state index in [1.54, 1.807) is 60.5 Å². The van der Waals surface area contributed by atoms with Gasteiger partial charge in [0.15, 0.2) is 0 Å². The number of anilines is 5. The lowest BCUT2D eigenvalue weighted by atomic mass is 9.91. The van der Waals surface area contributed by atoms with E-state index in [4.69, 9.17) is 49.0 Å². The maximum absolute atomic E-state index is 12.7. The highest BCUT2D eigenvalue weighted by molar-refractivity contribution is 7.18. The third kappa shape index (κ3) is 20.8. The van der Waals surface area contributed by atoms with Gasteiger partial charge in [-0.2, -0.15) is 0 Å². The highest BCUT2D eigenvalue weighted by Gasteiger charge is 2.34. The molecule has 10 aromatic rings. The third-order valence-corrected chi connectivity index (χ3v) is 22.5. The Morgan fingerprint density at radius 2 is 0.817 bits per heavy atom. The summed E-state index contributed by atoms with van der Waals surface area (Å²) in [7, 11) is 1.69. The number of H-pyrrole nitrogens is 5. The number of amides is 6. The van der Waals surface area contributed by atoms with Gasteiger partial charge < -0.3 is 83.9 Å². The van der Waals surface area contributed by atoms with Gasteiger partial charge in [0.2, 0.25) is 35.6 Å². The first-order valence-electron chi connectivity index (χ1n) is 34.6. The summed E-state index contributed by atoms with van der Waals surface area (Å²) in [5.41, 5.74) is 34.9. The molecule has 0 aromatic carbocycles. The van der Waals surface area contributed by atoms with Gasteiger partial charge in [-0.3, -0.25) is 77.7 Å². The van der Waals surface area contributed by atoms with Crippen molar-refractivity contribution in [3.05, 3.63) is 106 Å². The maximum atomic E-state index is 12.7. The lowest BCUT2D eigenvalue weighted by Gasteiger charge is -2.36. The zero-order valence-corrected chi connectivity index (χ0v) is 64.8. The van der Waals surface area contributed by atoms with Crippen molar-refractivity contribution in [3.8, 4) is 0 Å². The number of fused-ring (bicyclic) bond motifs is 5. The average molecular weight is 1600 g/mol. The number of hydrogen-bond acceptors (Lipinski definition) is 31. The van der Waals surface area contributed by atoms with Crippen LogP contribution in [0.15, 0.2) is 50.9 Å². The molecule has 3 aliphatic heterocycles. The van der Waals surface area contributed by atoms with Crippen LogP contribution in [0.3, 0.4) is 0 Å². The van der Waals surface area contributed by atoms with Crippen LogP contribution in [-0.4, -0.2) is 236 Å². The molecule has 13 rings (SSSR count). The summed E-state index contributed by atoms with van der Waals surface area (Å²) in [6.45, 7) is 15.6. The van der Waals surface area contributed by atoms with E-state index in [-0.39, 0.29) is 118 Å². The zero-order valence-electron chi connectivity index (χ0n) is 60.7. The Kier molecular flexibility index (Phi) is 28.0. The van der Waals surface area contributed by atoms with Crippen molar-refractivity contribution in [2.75, 3.05) is 128 Å². The van der Waals surface area contributed by atoms with Crippen molar-refractivity contribution in [1.82, 2.24) is 79.7 Å². The summed E-state index contributed by atoms with van der Waals surface area (Å²) >= 11 is 5.90. The molecular weight excluding hydrogens is 1510 g/mol. The summed E-state index contributed by atoms with van der Waals surface area (Å²) in [5, 5.41) is 30.2. The molecule has 0 aliphatic carbocycles. The number of aromatic nitrogens is 10. The molecular formula is C67H88N22O15S5. The highest BCUT2D eigenvalue weighted by atomic mass is 32.1. The quantitative estimate of drug-likeness (QED) is 0.0549. The number of aromatic amines is 5. The fraction of sp³-hybridized carbons (Fsp3) is 0.463. The number of aliphatic hydroxyl groups excluding tert-OH is 1. The fourth-order valence-corrected chi connectivity index (χ4v) is 16.1. The highest BCUT2D eigenvalue weighted by Crippen LogP contribution is 2.31. The van der Waals surface area contributed by atoms with Gasteiger partial charge in [0, 0.05) is 125 Å². The summed E-state index contributed by atoms with van der Waals surface area (Å²) in [6.07, 6.45) is 5.86. The van der Waals surface area contributed by atoms with Crippen molar-refractivity contribution in [2.24, 2.45) is 5.73 Å². The van der Waals surface area contributed by atoms with Gasteiger partial charge in [0.05, 0.1) is 53.2 Å². The predicted molar refractivity (Wildman–Crippen MR) is 422 cm³/mol. The van der Waals surface area contributed by atoms with Gasteiger partial charge in [-0.05, 0) is 65.2 Å². The number of carbonyl (C=O) groups is 6. The van der Waals surface area contributed by atoms with Crippen LogP contribution >= 0.6 is 56.7 Å². The minimum atomic E-state index is -0.715. The third-order valence-electron chi connectivity index (χ3n) is 17.7. The first-order chi connectivity index (χ1) is 51.8. The molecule has 0 spiro atoms. The minimum absolute atomic E-state index is 0.000633. The summed E-state index contributed by atoms with van der Waals surface area (Å²) in [5.74, 6) is -1.00. The first kappa shape index (κ1) is 82.9. The van der Waals surface area contributed by atoms with Gasteiger partial charge in [0.25, 0.3) is 57.3 Å². The van der Waals surface area contributed by atoms with E-state index in [1.165, 1.54) is 57.2 Å². The first-order valence-corrected chi connectivity index (χ1v) is 39.0. The molecule has 13 heterocycles. The van der Waals surface area contributed by atoms with Crippen LogP contribution in [0.2, 0.25) is 0 Å².